The van der Waals surface area contributed by atoms with Gasteiger partial charge in [-0.15, -0.1) is 0 Å². The minimum absolute atomic E-state index is 0.158. The molecular formula is C14H16N2O4. The number of amides is 1. The van der Waals surface area contributed by atoms with E-state index in [0.29, 0.717) is 31.0 Å². The molecule has 2 heterocycles. The Balaban J connectivity index is 1.95. The van der Waals surface area contributed by atoms with Gasteiger partial charge >= 0.3 is 5.97 Å². The summed E-state index contributed by atoms with van der Waals surface area (Å²) in [6.45, 7) is 2.28. The van der Waals surface area contributed by atoms with Crippen LogP contribution in [0.2, 0.25) is 0 Å². The molecule has 6 nitrogen and oxygen atoms in total. The highest BCUT2D eigenvalue weighted by molar-refractivity contribution is 6.13. The fraction of sp³-hybridized carbons (Fsp3) is 0.500. The fourth-order valence-corrected chi connectivity index (χ4v) is 2.54. The molecule has 20 heavy (non-hydrogen) atoms. The normalized spacial score (nSPS) is 22.5. The Morgan fingerprint density at radius 2 is 2.25 bits per heavy atom. The van der Waals surface area contributed by atoms with E-state index in [0.717, 1.165) is 0 Å². The summed E-state index contributed by atoms with van der Waals surface area (Å²) < 4.78 is 10.4. The van der Waals surface area contributed by atoms with E-state index in [1.165, 1.54) is 7.11 Å². The van der Waals surface area contributed by atoms with E-state index in [9.17, 15) is 9.59 Å². The van der Waals surface area contributed by atoms with Crippen molar-refractivity contribution in [1.29, 1.82) is 0 Å². The first-order chi connectivity index (χ1) is 9.58. The van der Waals surface area contributed by atoms with Crippen molar-refractivity contribution in [3.05, 3.63) is 18.3 Å². The summed E-state index contributed by atoms with van der Waals surface area (Å²) in [6.07, 6.45) is 2.54. The zero-order valence-electron chi connectivity index (χ0n) is 11.5. The Hall–Kier alpha value is -2.11. The minimum atomic E-state index is -1.00. The van der Waals surface area contributed by atoms with Crippen LogP contribution in [0.25, 0.3) is 0 Å². The maximum absolute atomic E-state index is 12.7. The smallest absolute Gasteiger partial charge is 0.321 e. The molecule has 1 aromatic rings. The fourth-order valence-electron chi connectivity index (χ4n) is 2.54. The number of hydrogen-bond acceptors (Lipinski definition) is 5. The van der Waals surface area contributed by atoms with Gasteiger partial charge < -0.3 is 14.4 Å². The number of rotatable bonds is 2. The second kappa shape index (κ2) is 4.47. The Bertz CT molecular complexity index is 568. The molecule has 1 aromatic heterocycles. The SMILES string of the molecule is COC(=O)C1(C(=O)N2CC(C)Oc3ncccc32)CC1. The highest BCUT2D eigenvalue weighted by Crippen LogP contribution is 2.49. The van der Waals surface area contributed by atoms with Crippen LogP contribution in [-0.4, -0.2) is 36.6 Å². The number of carbonyl (C=O) groups excluding carboxylic acids is 2. The third-order valence-corrected chi connectivity index (χ3v) is 3.78. The highest BCUT2D eigenvalue weighted by Gasteiger charge is 2.60. The van der Waals surface area contributed by atoms with Crippen LogP contribution in [0.4, 0.5) is 5.69 Å². The van der Waals surface area contributed by atoms with Crippen LogP contribution >= 0.6 is 0 Å². The lowest BCUT2D eigenvalue weighted by Crippen LogP contribution is -2.48. The van der Waals surface area contributed by atoms with E-state index in [1.807, 2.05) is 6.92 Å². The van der Waals surface area contributed by atoms with E-state index in [2.05, 4.69) is 4.98 Å². The van der Waals surface area contributed by atoms with Gasteiger partial charge in [0.1, 0.15) is 17.2 Å². The molecule has 0 saturated heterocycles. The lowest BCUT2D eigenvalue weighted by atomic mass is 10.0. The monoisotopic (exact) mass is 276 g/mol. The molecule has 2 aliphatic rings. The lowest BCUT2D eigenvalue weighted by Gasteiger charge is -2.34. The predicted octanol–water partition coefficient (Wildman–Crippen LogP) is 1.15. The zero-order chi connectivity index (χ0) is 14.3. The summed E-state index contributed by atoms with van der Waals surface area (Å²) >= 11 is 0. The average Bonchev–Trinajstić information content (AvgIpc) is 3.26. The standard InChI is InChI=1S/C14H16N2O4/c1-9-8-16(10-4-3-7-15-11(10)20-9)12(17)14(5-6-14)13(18)19-2/h3-4,7,9H,5-6,8H2,1-2H3. The van der Waals surface area contributed by atoms with Crippen LogP contribution in [0.1, 0.15) is 19.8 Å². The third-order valence-electron chi connectivity index (χ3n) is 3.78. The average molecular weight is 276 g/mol. The first kappa shape index (κ1) is 12.9. The van der Waals surface area contributed by atoms with Gasteiger partial charge in [0.15, 0.2) is 0 Å². The van der Waals surface area contributed by atoms with E-state index in [4.69, 9.17) is 9.47 Å². The van der Waals surface area contributed by atoms with Crippen LogP contribution in [0.15, 0.2) is 18.3 Å². The third kappa shape index (κ3) is 1.83. The molecule has 0 N–H and O–H groups in total. The van der Waals surface area contributed by atoms with Crippen LogP contribution < -0.4 is 9.64 Å². The number of fused-ring (bicyclic) bond motifs is 1. The van der Waals surface area contributed by atoms with Crippen molar-refractivity contribution in [3.63, 3.8) is 0 Å². The minimum Gasteiger partial charge on any atom is -0.471 e. The summed E-state index contributed by atoms with van der Waals surface area (Å²) in [7, 11) is 1.31. The zero-order valence-corrected chi connectivity index (χ0v) is 11.5. The largest absolute Gasteiger partial charge is 0.471 e. The van der Waals surface area contributed by atoms with Crippen LogP contribution in [-0.2, 0) is 14.3 Å². The van der Waals surface area contributed by atoms with Gasteiger partial charge in [-0.2, -0.15) is 0 Å². The topological polar surface area (TPSA) is 68.7 Å². The first-order valence-corrected chi connectivity index (χ1v) is 6.60. The predicted molar refractivity (Wildman–Crippen MR) is 70.4 cm³/mol. The maximum Gasteiger partial charge on any atom is 0.321 e. The van der Waals surface area contributed by atoms with Crippen molar-refractivity contribution in [3.8, 4) is 5.88 Å². The molecule has 0 spiro atoms. The number of carbonyl (C=O) groups is 2. The number of nitrogens with zero attached hydrogens (tertiary/aromatic N) is 2. The van der Waals surface area contributed by atoms with Gasteiger partial charge in [0.25, 0.3) is 0 Å². The Kier molecular flexibility index (Phi) is 2.88. The van der Waals surface area contributed by atoms with Gasteiger partial charge in [-0.3, -0.25) is 9.59 Å². The number of hydrogen-bond donors (Lipinski definition) is 0. The van der Waals surface area contributed by atoms with Gasteiger partial charge in [-0.1, -0.05) is 0 Å². The van der Waals surface area contributed by atoms with Crippen molar-refractivity contribution in [2.75, 3.05) is 18.6 Å². The molecule has 3 rings (SSSR count). The summed E-state index contributed by atoms with van der Waals surface area (Å²) in [5.74, 6) is -0.235. The van der Waals surface area contributed by atoms with E-state index in [-0.39, 0.29) is 12.0 Å². The summed E-state index contributed by atoms with van der Waals surface area (Å²) in [5, 5.41) is 0. The van der Waals surface area contributed by atoms with Gasteiger partial charge in [0.2, 0.25) is 11.8 Å². The van der Waals surface area contributed by atoms with Gasteiger partial charge in [-0.05, 0) is 31.9 Å². The second-order valence-corrected chi connectivity index (χ2v) is 5.25. The second-order valence-electron chi connectivity index (χ2n) is 5.25. The van der Waals surface area contributed by atoms with E-state index >= 15 is 0 Å². The summed E-state index contributed by atoms with van der Waals surface area (Å²) in [4.78, 5) is 30.3. The van der Waals surface area contributed by atoms with E-state index in [1.54, 1.807) is 23.2 Å². The number of aromatic nitrogens is 1. The van der Waals surface area contributed by atoms with Gasteiger partial charge in [0.05, 0.1) is 13.7 Å². The highest BCUT2D eigenvalue weighted by atomic mass is 16.5. The molecule has 6 heteroatoms. The molecule has 1 aliphatic heterocycles. The number of pyridine rings is 1. The Morgan fingerprint density at radius 3 is 2.90 bits per heavy atom. The quantitative estimate of drug-likeness (QED) is 0.598. The number of methoxy groups -OCH3 is 1. The number of anilines is 1. The van der Waals surface area contributed by atoms with Crippen molar-refractivity contribution in [2.24, 2.45) is 5.41 Å². The molecule has 0 aromatic carbocycles. The Labute approximate surface area is 116 Å². The molecule has 0 bridgehead atoms. The van der Waals surface area contributed by atoms with Crippen LogP contribution in [0.5, 0.6) is 5.88 Å². The molecule has 1 aliphatic carbocycles. The van der Waals surface area contributed by atoms with Crippen molar-refractivity contribution < 1.29 is 19.1 Å². The van der Waals surface area contributed by atoms with E-state index < -0.39 is 11.4 Å². The summed E-state index contributed by atoms with van der Waals surface area (Å²) in [6, 6.07) is 3.52. The van der Waals surface area contributed by atoms with Crippen molar-refractivity contribution in [1.82, 2.24) is 4.98 Å². The summed E-state index contributed by atoms with van der Waals surface area (Å²) in [5.41, 5.74) is -0.385. The lowest BCUT2D eigenvalue weighted by molar-refractivity contribution is -0.151. The molecule has 1 saturated carbocycles. The Morgan fingerprint density at radius 1 is 1.50 bits per heavy atom. The van der Waals surface area contributed by atoms with Gasteiger partial charge in [-0.25, -0.2) is 4.98 Å². The maximum atomic E-state index is 12.7. The molecule has 1 unspecified atom stereocenters. The van der Waals surface area contributed by atoms with Crippen molar-refractivity contribution in [2.45, 2.75) is 25.9 Å². The van der Waals surface area contributed by atoms with Crippen LogP contribution in [0.3, 0.4) is 0 Å². The van der Waals surface area contributed by atoms with Crippen molar-refractivity contribution >= 4 is 17.6 Å². The molecular weight excluding hydrogens is 260 g/mol. The molecule has 0 radical (unpaired) electrons. The molecule has 1 atom stereocenters. The first-order valence-electron chi connectivity index (χ1n) is 6.60. The van der Waals surface area contributed by atoms with Crippen LogP contribution in [0, 0.1) is 5.41 Å². The molecule has 1 amide bonds. The van der Waals surface area contributed by atoms with Gasteiger partial charge in [0, 0.05) is 6.20 Å². The number of ether oxygens (including phenoxy) is 2. The molecule has 1 fully saturated rings. The molecule has 106 valence electrons. The number of esters is 1.